The molecular weight excluding hydrogens is 276 g/mol. The highest BCUT2D eigenvalue weighted by molar-refractivity contribution is 7.14. The number of hydrazine groups is 1. The van der Waals surface area contributed by atoms with E-state index in [4.69, 9.17) is 10.9 Å². The number of hydrogen-bond donors (Lipinski definition) is 3. The topological polar surface area (TPSA) is 81.8 Å². The molecule has 20 heavy (non-hydrogen) atoms. The third-order valence-corrected chi connectivity index (χ3v) is 4.56. The van der Waals surface area contributed by atoms with E-state index in [9.17, 15) is 4.79 Å². The number of carbonyl (C=O) groups excluding carboxylic acids is 1. The second-order valence-electron chi connectivity index (χ2n) is 4.93. The molecule has 4 N–H and O–H groups in total. The van der Waals surface area contributed by atoms with E-state index in [2.05, 4.69) is 15.2 Å². The number of amides is 1. The van der Waals surface area contributed by atoms with E-state index in [1.165, 1.54) is 16.2 Å². The number of nitrogen functional groups attached to an aromatic ring is 1. The second kappa shape index (κ2) is 7.70. The highest BCUT2D eigenvalue weighted by Crippen LogP contribution is 2.19. The molecule has 1 aliphatic heterocycles. The van der Waals surface area contributed by atoms with Crippen molar-refractivity contribution in [3.63, 3.8) is 0 Å². The molecule has 1 aliphatic rings. The molecule has 1 aromatic rings. The van der Waals surface area contributed by atoms with Crippen molar-refractivity contribution in [3.8, 4) is 0 Å². The predicted octanol–water partition coefficient (Wildman–Crippen LogP) is -0.148. The average molecular weight is 298 g/mol. The Balaban J connectivity index is 1.87. The summed E-state index contributed by atoms with van der Waals surface area (Å²) >= 11 is 1.49. The van der Waals surface area contributed by atoms with Crippen molar-refractivity contribution in [1.82, 2.24) is 15.2 Å². The molecule has 0 radical (unpaired) electrons. The van der Waals surface area contributed by atoms with Gasteiger partial charge in [-0.05, 0) is 31.6 Å². The Morgan fingerprint density at radius 3 is 2.80 bits per heavy atom. The van der Waals surface area contributed by atoms with Crippen LogP contribution in [0.2, 0.25) is 0 Å². The standard InChI is InChI=1S/C13H22N4O2S/c14-15-13(19)12-3-2-11(20-12)10-17-5-1-4-16(6-7-17)8-9-18/h2-3,18H,1,4-10,14H2,(H,15,19). The number of rotatable bonds is 5. The van der Waals surface area contributed by atoms with Gasteiger partial charge in [-0.15, -0.1) is 11.3 Å². The number of β-amino-alcohol motifs (C(OH)–C–C–N with tert-alkyl or cyclic N) is 1. The minimum absolute atomic E-state index is 0.225. The van der Waals surface area contributed by atoms with Crippen LogP contribution in [0.15, 0.2) is 12.1 Å². The molecule has 0 saturated carbocycles. The molecule has 0 aromatic carbocycles. The fourth-order valence-corrected chi connectivity index (χ4v) is 3.38. The molecule has 1 aromatic heterocycles. The highest BCUT2D eigenvalue weighted by atomic mass is 32.1. The molecule has 1 fully saturated rings. The molecule has 0 atom stereocenters. The molecule has 1 saturated heterocycles. The lowest BCUT2D eigenvalue weighted by atomic mass is 10.3. The summed E-state index contributed by atoms with van der Waals surface area (Å²) in [4.78, 5) is 17.9. The Hall–Kier alpha value is -0.990. The van der Waals surface area contributed by atoms with Crippen molar-refractivity contribution in [2.75, 3.05) is 39.3 Å². The number of carbonyl (C=O) groups is 1. The highest BCUT2D eigenvalue weighted by Gasteiger charge is 2.16. The predicted molar refractivity (Wildman–Crippen MR) is 79.4 cm³/mol. The lowest BCUT2D eigenvalue weighted by Gasteiger charge is -2.20. The molecule has 0 unspecified atom stereocenters. The first-order valence-electron chi connectivity index (χ1n) is 6.88. The molecule has 0 bridgehead atoms. The Kier molecular flexibility index (Phi) is 5.93. The average Bonchev–Trinajstić information content (AvgIpc) is 2.80. The third-order valence-electron chi connectivity index (χ3n) is 3.49. The van der Waals surface area contributed by atoms with Gasteiger partial charge in [0.15, 0.2) is 0 Å². The summed E-state index contributed by atoms with van der Waals surface area (Å²) in [6, 6.07) is 3.81. The van der Waals surface area contributed by atoms with Crippen LogP contribution in [0.3, 0.4) is 0 Å². The van der Waals surface area contributed by atoms with Crippen LogP contribution < -0.4 is 11.3 Å². The SMILES string of the molecule is NNC(=O)c1ccc(CN2CCCN(CCO)CC2)s1. The van der Waals surface area contributed by atoms with Crippen LogP contribution in [0.1, 0.15) is 21.0 Å². The number of nitrogens with two attached hydrogens (primary N) is 1. The first-order valence-corrected chi connectivity index (χ1v) is 7.70. The summed E-state index contributed by atoms with van der Waals surface area (Å²) in [6.45, 7) is 5.94. The van der Waals surface area contributed by atoms with Gasteiger partial charge in [0.25, 0.3) is 5.91 Å². The minimum Gasteiger partial charge on any atom is -0.395 e. The van der Waals surface area contributed by atoms with Gasteiger partial charge in [0.2, 0.25) is 0 Å². The minimum atomic E-state index is -0.230. The summed E-state index contributed by atoms with van der Waals surface area (Å²) < 4.78 is 0. The van der Waals surface area contributed by atoms with Gasteiger partial charge < -0.3 is 5.11 Å². The Morgan fingerprint density at radius 1 is 1.30 bits per heavy atom. The molecule has 0 spiro atoms. The number of thiophene rings is 1. The first-order chi connectivity index (χ1) is 9.72. The van der Waals surface area contributed by atoms with Crippen LogP contribution >= 0.6 is 11.3 Å². The lowest BCUT2D eigenvalue weighted by molar-refractivity contribution is 0.0957. The van der Waals surface area contributed by atoms with Crippen LogP contribution in [-0.2, 0) is 6.54 Å². The fourth-order valence-electron chi connectivity index (χ4n) is 2.42. The van der Waals surface area contributed by atoms with Gasteiger partial charge >= 0.3 is 0 Å². The monoisotopic (exact) mass is 298 g/mol. The fraction of sp³-hybridized carbons (Fsp3) is 0.615. The maximum Gasteiger partial charge on any atom is 0.275 e. The Morgan fingerprint density at radius 2 is 2.05 bits per heavy atom. The van der Waals surface area contributed by atoms with Gasteiger partial charge in [-0.25, -0.2) is 5.84 Å². The zero-order chi connectivity index (χ0) is 14.4. The van der Waals surface area contributed by atoms with Crippen LogP contribution in [0, 0.1) is 0 Å². The molecular formula is C13H22N4O2S. The Bertz CT molecular complexity index is 438. The molecule has 112 valence electrons. The molecule has 2 rings (SSSR count). The van der Waals surface area contributed by atoms with E-state index in [1.807, 2.05) is 12.1 Å². The maximum absolute atomic E-state index is 11.4. The van der Waals surface area contributed by atoms with Crippen LogP contribution in [0.5, 0.6) is 0 Å². The zero-order valence-corrected chi connectivity index (χ0v) is 12.4. The molecule has 7 heteroatoms. The quantitative estimate of drug-likeness (QED) is 0.400. The van der Waals surface area contributed by atoms with Crippen LogP contribution in [0.25, 0.3) is 0 Å². The summed E-state index contributed by atoms with van der Waals surface area (Å²) in [5.74, 6) is 4.90. The van der Waals surface area contributed by atoms with Crippen molar-refractivity contribution in [2.45, 2.75) is 13.0 Å². The van der Waals surface area contributed by atoms with E-state index in [0.717, 1.165) is 45.7 Å². The summed E-state index contributed by atoms with van der Waals surface area (Å²) in [5, 5.41) is 8.99. The van der Waals surface area contributed by atoms with E-state index in [1.54, 1.807) is 0 Å². The van der Waals surface area contributed by atoms with Crippen LogP contribution in [0.4, 0.5) is 0 Å². The smallest absolute Gasteiger partial charge is 0.275 e. The van der Waals surface area contributed by atoms with Gasteiger partial charge in [-0.2, -0.15) is 0 Å². The number of hydrogen-bond acceptors (Lipinski definition) is 6. The Labute approximate surface area is 123 Å². The van der Waals surface area contributed by atoms with Gasteiger partial charge in [-0.1, -0.05) is 0 Å². The normalized spacial score (nSPS) is 17.9. The number of nitrogens with one attached hydrogen (secondary N) is 1. The first kappa shape index (κ1) is 15.4. The number of nitrogens with zero attached hydrogens (tertiary/aromatic N) is 2. The number of aliphatic hydroxyl groups is 1. The van der Waals surface area contributed by atoms with Crippen molar-refractivity contribution >= 4 is 17.2 Å². The van der Waals surface area contributed by atoms with E-state index >= 15 is 0 Å². The van der Waals surface area contributed by atoms with E-state index in [0.29, 0.717) is 4.88 Å². The van der Waals surface area contributed by atoms with Gasteiger partial charge in [0.05, 0.1) is 11.5 Å². The summed E-state index contributed by atoms with van der Waals surface area (Å²) in [7, 11) is 0. The molecule has 1 amide bonds. The zero-order valence-electron chi connectivity index (χ0n) is 11.5. The van der Waals surface area contributed by atoms with Crippen molar-refractivity contribution in [3.05, 3.63) is 21.9 Å². The summed E-state index contributed by atoms with van der Waals surface area (Å²) in [5.41, 5.74) is 2.16. The molecule has 0 aliphatic carbocycles. The summed E-state index contributed by atoms with van der Waals surface area (Å²) in [6.07, 6.45) is 1.11. The largest absolute Gasteiger partial charge is 0.395 e. The van der Waals surface area contributed by atoms with Crippen molar-refractivity contribution in [2.24, 2.45) is 5.84 Å². The van der Waals surface area contributed by atoms with Crippen molar-refractivity contribution < 1.29 is 9.90 Å². The third kappa shape index (κ3) is 4.26. The second-order valence-corrected chi connectivity index (χ2v) is 6.10. The number of aliphatic hydroxyl groups excluding tert-OH is 1. The van der Waals surface area contributed by atoms with Gasteiger partial charge in [0.1, 0.15) is 0 Å². The molecule has 6 nitrogen and oxygen atoms in total. The van der Waals surface area contributed by atoms with Gasteiger partial charge in [-0.3, -0.25) is 20.0 Å². The maximum atomic E-state index is 11.4. The molecule has 2 heterocycles. The van der Waals surface area contributed by atoms with Gasteiger partial charge in [0, 0.05) is 31.1 Å². The van der Waals surface area contributed by atoms with Crippen LogP contribution in [-0.4, -0.2) is 60.1 Å². The van der Waals surface area contributed by atoms with E-state index < -0.39 is 0 Å². The van der Waals surface area contributed by atoms with Crippen molar-refractivity contribution in [1.29, 1.82) is 0 Å². The lowest BCUT2D eigenvalue weighted by Crippen LogP contribution is -2.32. The van der Waals surface area contributed by atoms with E-state index in [-0.39, 0.29) is 12.5 Å².